The lowest BCUT2D eigenvalue weighted by Gasteiger charge is -2.28. The number of esters is 1. The Kier molecular flexibility index (Phi) is 8.01. The van der Waals surface area contributed by atoms with Crippen molar-refractivity contribution in [2.75, 3.05) is 44.3 Å². The van der Waals surface area contributed by atoms with E-state index in [-0.39, 0.29) is 12.5 Å². The number of benzene rings is 1. The van der Waals surface area contributed by atoms with Crippen LogP contribution in [0.4, 0.5) is 9.93 Å². The van der Waals surface area contributed by atoms with Gasteiger partial charge >= 0.3 is 12.0 Å². The van der Waals surface area contributed by atoms with Crippen molar-refractivity contribution >= 4 is 38.7 Å². The number of hydrogen-bond acceptors (Lipinski definition) is 10. The minimum absolute atomic E-state index is 0.196. The Labute approximate surface area is 236 Å². The fraction of sp³-hybridized carbons (Fsp3) is 0.357. The molecule has 11 nitrogen and oxygen atoms in total. The van der Waals surface area contributed by atoms with Gasteiger partial charge in [-0.05, 0) is 50.6 Å². The number of hydrogen-bond donors (Lipinski definition) is 1. The van der Waals surface area contributed by atoms with E-state index < -0.39 is 11.6 Å². The Bertz CT molecular complexity index is 1500. The largest absolute Gasteiger partial charge is 0.450 e. The number of pyridine rings is 1. The van der Waals surface area contributed by atoms with Crippen LogP contribution >= 0.6 is 11.3 Å². The molecule has 2 N–H and O–H groups in total. The van der Waals surface area contributed by atoms with E-state index in [0.717, 1.165) is 27.1 Å². The molecule has 0 saturated carbocycles. The number of anilines is 1. The molecule has 1 aromatic carbocycles. The molecular weight excluding hydrogens is 530 g/mol. The van der Waals surface area contributed by atoms with Gasteiger partial charge in [0.1, 0.15) is 0 Å². The molecule has 1 fully saturated rings. The lowest BCUT2D eigenvalue weighted by Crippen LogP contribution is -2.41. The SMILES string of the molecule is CCN(C(N)=O)c1nc2cc(-c3cnc(C(C)(C)OC(=O)CN4CCOCC4)nc3)cc(-c3ccccn3)c2s1. The molecule has 5 rings (SSSR count). The molecule has 4 aromatic rings. The summed E-state index contributed by atoms with van der Waals surface area (Å²) < 4.78 is 12.0. The number of carbonyl (C=O) groups excluding carboxylic acids is 2. The topological polar surface area (TPSA) is 137 Å². The Morgan fingerprint density at radius 1 is 1.12 bits per heavy atom. The van der Waals surface area contributed by atoms with Crippen molar-refractivity contribution in [3.63, 3.8) is 0 Å². The molecule has 1 aliphatic rings. The van der Waals surface area contributed by atoms with Gasteiger partial charge in [0.2, 0.25) is 0 Å². The number of carbonyl (C=O) groups is 2. The van der Waals surface area contributed by atoms with E-state index >= 15 is 0 Å². The predicted molar refractivity (Wildman–Crippen MR) is 153 cm³/mol. The van der Waals surface area contributed by atoms with Crippen molar-refractivity contribution in [1.29, 1.82) is 0 Å². The van der Waals surface area contributed by atoms with Crippen molar-refractivity contribution in [3.8, 4) is 22.4 Å². The summed E-state index contributed by atoms with van der Waals surface area (Å²) in [5.41, 5.74) is 8.53. The van der Waals surface area contributed by atoms with Crippen LogP contribution < -0.4 is 10.6 Å². The van der Waals surface area contributed by atoms with Crippen LogP contribution in [0.3, 0.4) is 0 Å². The van der Waals surface area contributed by atoms with Crippen LogP contribution in [0.5, 0.6) is 0 Å². The average Bonchev–Trinajstić information content (AvgIpc) is 3.37. The zero-order valence-corrected chi connectivity index (χ0v) is 23.5. The minimum Gasteiger partial charge on any atom is -0.450 e. The number of nitrogens with zero attached hydrogens (tertiary/aromatic N) is 6. The molecule has 3 aromatic heterocycles. The van der Waals surface area contributed by atoms with Crippen LogP contribution in [0, 0.1) is 0 Å². The molecule has 0 unspecified atom stereocenters. The average molecular weight is 562 g/mol. The number of amides is 2. The molecule has 0 atom stereocenters. The fourth-order valence-electron chi connectivity index (χ4n) is 4.49. The first-order valence-corrected chi connectivity index (χ1v) is 13.8. The molecule has 1 aliphatic heterocycles. The molecule has 40 heavy (non-hydrogen) atoms. The molecule has 0 radical (unpaired) electrons. The Hall–Kier alpha value is -4.00. The van der Waals surface area contributed by atoms with E-state index in [2.05, 4.69) is 15.0 Å². The Morgan fingerprint density at radius 3 is 2.52 bits per heavy atom. The van der Waals surface area contributed by atoms with Gasteiger partial charge in [0.05, 0.1) is 35.7 Å². The van der Waals surface area contributed by atoms with Gasteiger partial charge in [-0.2, -0.15) is 0 Å². The van der Waals surface area contributed by atoms with Gasteiger partial charge < -0.3 is 15.2 Å². The molecule has 1 saturated heterocycles. The number of morpholine rings is 1. The molecule has 0 spiro atoms. The standard InChI is InChI=1S/C28H31N7O4S/c1-4-35(26(29)37)27-33-22-14-18(13-20(24(22)40-27)21-7-5-6-8-30-21)19-15-31-25(32-16-19)28(2,3)39-23(36)17-34-9-11-38-12-10-34/h5-8,13-16H,4,9-12,17H2,1-3H3,(H2,29,37). The fourth-order valence-corrected chi connectivity index (χ4v) is 5.63. The number of nitrogens with two attached hydrogens (primary N) is 1. The van der Waals surface area contributed by atoms with E-state index in [1.165, 1.54) is 16.2 Å². The summed E-state index contributed by atoms with van der Waals surface area (Å²) in [7, 11) is 0. The van der Waals surface area contributed by atoms with Gasteiger partial charge in [-0.3, -0.25) is 19.6 Å². The first-order chi connectivity index (χ1) is 19.2. The van der Waals surface area contributed by atoms with E-state index in [9.17, 15) is 9.59 Å². The number of urea groups is 1. The van der Waals surface area contributed by atoms with Gasteiger partial charge in [-0.25, -0.2) is 19.7 Å². The van der Waals surface area contributed by atoms with Crippen LogP contribution in [0.1, 0.15) is 26.6 Å². The zero-order valence-electron chi connectivity index (χ0n) is 22.7. The third kappa shape index (κ3) is 5.93. The summed E-state index contributed by atoms with van der Waals surface area (Å²) in [6.07, 6.45) is 5.15. The second-order valence-corrected chi connectivity index (χ2v) is 10.8. The first kappa shape index (κ1) is 27.6. The summed E-state index contributed by atoms with van der Waals surface area (Å²) in [4.78, 5) is 46.4. The van der Waals surface area contributed by atoms with Crippen molar-refractivity contribution in [1.82, 2.24) is 24.8 Å². The molecule has 208 valence electrons. The third-order valence-electron chi connectivity index (χ3n) is 6.58. The summed E-state index contributed by atoms with van der Waals surface area (Å²) in [6, 6.07) is 9.10. The van der Waals surface area contributed by atoms with Crippen LogP contribution in [0.15, 0.2) is 48.9 Å². The number of ether oxygens (including phenoxy) is 2. The van der Waals surface area contributed by atoms with Gasteiger partial charge in [0, 0.05) is 49.4 Å². The first-order valence-electron chi connectivity index (χ1n) is 13.0. The number of thiazole rings is 1. The van der Waals surface area contributed by atoms with E-state index in [1.54, 1.807) is 32.4 Å². The third-order valence-corrected chi connectivity index (χ3v) is 7.71. The summed E-state index contributed by atoms with van der Waals surface area (Å²) in [5, 5.41) is 0.520. The lowest BCUT2D eigenvalue weighted by atomic mass is 10.0. The quantitative estimate of drug-likeness (QED) is 0.318. The highest BCUT2D eigenvalue weighted by molar-refractivity contribution is 7.23. The van der Waals surface area contributed by atoms with Gasteiger partial charge in [0.25, 0.3) is 0 Å². The molecule has 12 heteroatoms. The molecule has 4 heterocycles. The second-order valence-electron chi connectivity index (χ2n) is 9.83. The maximum Gasteiger partial charge on any atom is 0.321 e. The molecule has 2 amide bonds. The maximum absolute atomic E-state index is 12.6. The Morgan fingerprint density at radius 2 is 1.88 bits per heavy atom. The Balaban J connectivity index is 1.44. The van der Waals surface area contributed by atoms with Crippen LogP contribution in [0.2, 0.25) is 0 Å². The van der Waals surface area contributed by atoms with Crippen molar-refractivity contribution in [3.05, 3.63) is 54.7 Å². The second kappa shape index (κ2) is 11.6. The number of primary amides is 1. The van der Waals surface area contributed by atoms with Crippen LogP contribution in [0.25, 0.3) is 32.6 Å². The van der Waals surface area contributed by atoms with Gasteiger partial charge in [-0.1, -0.05) is 17.4 Å². The van der Waals surface area contributed by atoms with Gasteiger partial charge in [0.15, 0.2) is 16.6 Å². The van der Waals surface area contributed by atoms with Crippen molar-refractivity contribution in [2.24, 2.45) is 5.73 Å². The highest BCUT2D eigenvalue weighted by atomic mass is 32.1. The zero-order chi connectivity index (χ0) is 28.3. The van der Waals surface area contributed by atoms with Crippen LogP contribution in [-0.4, -0.2) is 76.2 Å². The summed E-state index contributed by atoms with van der Waals surface area (Å²) in [6.45, 7) is 8.63. The van der Waals surface area contributed by atoms with E-state index in [4.69, 9.17) is 20.2 Å². The number of rotatable bonds is 8. The van der Waals surface area contributed by atoms with E-state index in [0.29, 0.717) is 49.3 Å². The molecular formula is C28H31N7O4S. The normalized spacial score (nSPS) is 14.3. The monoisotopic (exact) mass is 561 g/mol. The maximum atomic E-state index is 12.6. The highest BCUT2D eigenvalue weighted by Crippen LogP contribution is 2.39. The summed E-state index contributed by atoms with van der Waals surface area (Å²) in [5.74, 6) is 0.0649. The smallest absolute Gasteiger partial charge is 0.321 e. The number of aromatic nitrogens is 4. The minimum atomic E-state index is -1.01. The van der Waals surface area contributed by atoms with Crippen molar-refractivity contribution < 1.29 is 19.1 Å². The molecule has 0 aliphatic carbocycles. The van der Waals surface area contributed by atoms with Gasteiger partial charge in [-0.15, -0.1) is 0 Å². The predicted octanol–water partition coefficient (Wildman–Crippen LogP) is 3.83. The van der Waals surface area contributed by atoms with E-state index in [1.807, 2.05) is 42.2 Å². The summed E-state index contributed by atoms with van der Waals surface area (Å²) >= 11 is 1.39. The van der Waals surface area contributed by atoms with Crippen molar-refractivity contribution in [2.45, 2.75) is 26.4 Å². The number of fused-ring (bicyclic) bond motifs is 1. The lowest BCUT2D eigenvalue weighted by molar-refractivity contribution is -0.160. The molecule has 0 bridgehead atoms. The highest BCUT2D eigenvalue weighted by Gasteiger charge is 2.30. The van der Waals surface area contributed by atoms with Crippen LogP contribution in [-0.2, 0) is 19.9 Å².